The molecule has 28 heavy (non-hydrogen) atoms. The van der Waals surface area contributed by atoms with Crippen LogP contribution in [0.25, 0.3) is 0 Å². The third kappa shape index (κ3) is 4.15. The van der Waals surface area contributed by atoms with Crippen LogP contribution in [0.15, 0.2) is 0 Å². The number of halogens is 14. The van der Waals surface area contributed by atoms with Crippen molar-refractivity contribution in [2.75, 3.05) is 6.61 Å². The predicted octanol–water partition coefficient (Wildman–Crippen LogP) is 5.83. The Morgan fingerprint density at radius 3 is 1.43 bits per heavy atom. The first-order chi connectivity index (χ1) is 11.9. The van der Waals surface area contributed by atoms with Gasteiger partial charge in [0.2, 0.25) is 0 Å². The Labute approximate surface area is 156 Å². The van der Waals surface area contributed by atoms with E-state index in [1.165, 1.54) is 0 Å². The Morgan fingerprint density at radius 2 is 1.11 bits per heavy atom. The molecule has 0 aromatic heterocycles. The third-order valence-electron chi connectivity index (χ3n) is 3.25. The summed E-state index contributed by atoms with van der Waals surface area (Å²) in [6.45, 7) is 0.964. The molecule has 0 radical (unpaired) electrons. The summed E-state index contributed by atoms with van der Waals surface area (Å²) >= 11 is 2.12. The van der Waals surface area contributed by atoms with E-state index in [-0.39, 0.29) is 0 Å². The molecule has 0 heterocycles. The SMILES string of the molecule is CCOC(=O)C(C)(Br)CC(F)(F)C(F)(F)C(F)(F)C(F)(F)C(F)(F)C(F)(F)F. The quantitative estimate of drug-likeness (QED) is 0.232. The number of hydrogen-bond donors (Lipinski definition) is 0. The molecule has 0 aromatic rings. The third-order valence-corrected chi connectivity index (χ3v) is 3.86. The molecule has 16 heteroatoms. The second-order valence-corrected chi connectivity index (χ2v) is 7.34. The molecule has 168 valence electrons. The zero-order chi connectivity index (χ0) is 23.2. The van der Waals surface area contributed by atoms with Crippen LogP contribution in [0.2, 0.25) is 0 Å². The van der Waals surface area contributed by atoms with Gasteiger partial charge in [0, 0.05) is 6.42 Å². The van der Waals surface area contributed by atoms with Gasteiger partial charge in [0.15, 0.2) is 0 Å². The Balaban J connectivity index is 6.22. The molecule has 0 bridgehead atoms. The van der Waals surface area contributed by atoms with Gasteiger partial charge in [-0.2, -0.15) is 57.1 Å². The van der Waals surface area contributed by atoms with E-state index in [9.17, 15) is 61.9 Å². The molecule has 0 fully saturated rings. The van der Waals surface area contributed by atoms with Crippen LogP contribution in [0, 0.1) is 0 Å². The van der Waals surface area contributed by atoms with Gasteiger partial charge in [-0.1, -0.05) is 15.9 Å². The molecular formula is C12H10BrF13O2. The minimum atomic E-state index is -7.97. The Kier molecular flexibility index (Phi) is 7.13. The van der Waals surface area contributed by atoms with E-state index < -0.39 is 59.1 Å². The Bertz CT molecular complexity index is 583. The van der Waals surface area contributed by atoms with Gasteiger partial charge in [-0.05, 0) is 13.8 Å². The molecule has 0 aromatic carbocycles. The lowest BCUT2D eigenvalue weighted by Gasteiger charge is -2.40. The first kappa shape index (κ1) is 27.0. The Hall–Kier alpha value is -0.960. The fourth-order valence-corrected chi connectivity index (χ4v) is 2.15. The van der Waals surface area contributed by atoms with Crippen molar-refractivity contribution in [1.82, 2.24) is 0 Å². The molecule has 0 aliphatic carbocycles. The van der Waals surface area contributed by atoms with Crippen molar-refractivity contribution in [3.8, 4) is 0 Å². The number of ether oxygens (including phenoxy) is 1. The second-order valence-electron chi connectivity index (χ2n) is 5.59. The normalized spacial score (nSPS) is 17.3. The predicted molar refractivity (Wildman–Crippen MR) is 69.4 cm³/mol. The van der Waals surface area contributed by atoms with E-state index >= 15 is 0 Å². The van der Waals surface area contributed by atoms with E-state index in [0.29, 0.717) is 6.92 Å². The van der Waals surface area contributed by atoms with Gasteiger partial charge in [0.25, 0.3) is 0 Å². The molecule has 0 saturated heterocycles. The lowest BCUT2D eigenvalue weighted by atomic mass is 9.89. The highest BCUT2D eigenvalue weighted by Crippen LogP contribution is 2.61. The van der Waals surface area contributed by atoms with E-state index in [4.69, 9.17) is 0 Å². The van der Waals surface area contributed by atoms with Crippen LogP contribution in [0.1, 0.15) is 20.3 Å². The summed E-state index contributed by atoms with van der Waals surface area (Å²) in [5.41, 5.74) is 0. The lowest BCUT2D eigenvalue weighted by Crippen LogP contribution is -2.70. The number of alkyl halides is 14. The summed E-state index contributed by atoms with van der Waals surface area (Å²) in [5, 5.41) is 0. The topological polar surface area (TPSA) is 26.3 Å². The molecule has 0 aliphatic rings. The highest BCUT2D eigenvalue weighted by Gasteiger charge is 2.90. The van der Waals surface area contributed by atoms with Gasteiger partial charge >= 0.3 is 41.8 Å². The van der Waals surface area contributed by atoms with Gasteiger partial charge in [0.1, 0.15) is 4.32 Å². The monoisotopic (exact) mass is 512 g/mol. The van der Waals surface area contributed by atoms with Crippen molar-refractivity contribution in [2.45, 2.75) is 60.4 Å². The molecule has 0 aliphatic heterocycles. The van der Waals surface area contributed by atoms with E-state index in [0.717, 1.165) is 6.92 Å². The molecule has 0 rings (SSSR count). The van der Waals surface area contributed by atoms with Crippen molar-refractivity contribution in [3.05, 3.63) is 0 Å². The zero-order valence-corrected chi connectivity index (χ0v) is 15.1. The average molecular weight is 513 g/mol. The van der Waals surface area contributed by atoms with Crippen molar-refractivity contribution in [3.63, 3.8) is 0 Å². The highest BCUT2D eigenvalue weighted by molar-refractivity contribution is 9.10. The fraction of sp³-hybridized carbons (Fsp3) is 0.917. The van der Waals surface area contributed by atoms with Crippen LogP contribution >= 0.6 is 15.9 Å². The average Bonchev–Trinajstić information content (AvgIpc) is 2.44. The number of carbonyl (C=O) groups excluding carboxylic acids is 1. The molecule has 1 unspecified atom stereocenters. The standard InChI is InChI=1S/C12H10BrF13O2/c1-3-28-5(27)6(2,13)4-7(14,15)8(16,17)9(18,19)10(20,21)11(22,23)12(24,25)26/h3-4H2,1-2H3. The lowest BCUT2D eigenvalue weighted by molar-refractivity contribution is -0.440. The van der Waals surface area contributed by atoms with E-state index in [1.807, 2.05) is 0 Å². The minimum Gasteiger partial charge on any atom is -0.465 e. The number of carbonyl (C=O) groups is 1. The first-order valence-electron chi connectivity index (χ1n) is 6.76. The fourth-order valence-electron chi connectivity index (χ4n) is 1.68. The zero-order valence-electron chi connectivity index (χ0n) is 13.5. The van der Waals surface area contributed by atoms with Crippen LogP contribution in [0.5, 0.6) is 0 Å². The van der Waals surface area contributed by atoms with Gasteiger partial charge < -0.3 is 4.74 Å². The van der Waals surface area contributed by atoms with Crippen molar-refractivity contribution >= 4 is 21.9 Å². The van der Waals surface area contributed by atoms with Gasteiger partial charge in [-0.15, -0.1) is 0 Å². The molecule has 0 saturated carbocycles. The van der Waals surface area contributed by atoms with Gasteiger partial charge in [-0.3, -0.25) is 4.79 Å². The number of hydrogen-bond acceptors (Lipinski definition) is 2. The number of esters is 1. The van der Waals surface area contributed by atoms with Gasteiger partial charge in [0.05, 0.1) is 6.61 Å². The van der Waals surface area contributed by atoms with Crippen LogP contribution in [0.3, 0.4) is 0 Å². The van der Waals surface area contributed by atoms with Crippen LogP contribution in [-0.4, -0.2) is 52.7 Å². The van der Waals surface area contributed by atoms with Gasteiger partial charge in [-0.25, -0.2) is 0 Å². The van der Waals surface area contributed by atoms with Crippen LogP contribution < -0.4 is 0 Å². The summed E-state index contributed by atoms with van der Waals surface area (Å²) in [6, 6.07) is 0. The van der Waals surface area contributed by atoms with Crippen LogP contribution in [0.4, 0.5) is 57.1 Å². The van der Waals surface area contributed by atoms with Crippen molar-refractivity contribution in [1.29, 1.82) is 0 Å². The number of rotatable bonds is 8. The molecule has 1 atom stereocenters. The molecule has 0 amide bonds. The maximum atomic E-state index is 13.7. The van der Waals surface area contributed by atoms with Crippen molar-refractivity contribution < 1.29 is 66.6 Å². The first-order valence-corrected chi connectivity index (χ1v) is 7.55. The summed E-state index contributed by atoms with van der Waals surface area (Å²) < 4.78 is 170. The summed E-state index contributed by atoms with van der Waals surface area (Å²) in [6.07, 6.45) is -10.2. The van der Waals surface area contributed by atoms with E-state index in [2.05, 4.69) is 20.7 Å². The smallest absolute Gasteiger partial charge is 0.460 e. The summed E-state index contributed by atoms with van der Waals surface area (Å²) in [7, 11) is 0. The summed E-state index contributed by atoms with van der Waals surface area (Å²) in [4.78, 5) is 11.4. The van der Waals surface area contributed by atoms with E-state index in [1.54, 1.807) is 0 Å². The maximum absolute atomic E-state index is 13.7. The molecular weight excluding hydrogens is 503 g/mol. The summed E-state index contributed by atoms with van der Waals surface area (Å²) in [5.74, 6) is -39.2. The maximum Gasteiger partial charge on any atom is 0.460 e. The highest BCUT2D eigenvalue weighted by atomic mass is 79.9. The minimum absolute atomic E-state index is 0.371. The second kappa shape index (κ2) is 7.38. The largest absolute Gasteiger partial charge is 0.465 e. The molecule has 2 nitrogen and oxygen atoms in total. The Morgan fingerprint density at radius 1 is 0.750 bits per heavy atom. The van der Waals surface area contributed by atoms with Crippen molar-refractivity contribution in [2.24, 2.45) is 0 Å². The molecule has 0 spiro atoms. The molecule has 0 N–H and O–H groups in total. The van der Waals surface area contributed by atoms with Crippen LogP contribution in [-0.2, 0) is 9.53 Å².